The van der Waals surface area contributed by atoms with Crippen LogP contribution in [0, 0.1) is 0 Å². The molecule has 21 heavy (non-hydrogen) atoms. The molecule has 1 atom stereocenters. The normalized spacial score (nSPS) is 22.0. The van der Waals surface area contributed by atoms with Gasteiger partial charge in [-0.25, -0.2) is 0 Å². The molecule has 2 fully saturated rings. The number of piperidine rings is 1. The zero-order valence-corrected chi connectivity index (χ0v) is 12.1. The fourth-order valence-corrected chi connectivity index (χ4v) is 2.93. The monoisotopic (exact) mass is 309 g/mol. The fourth-order valence-electron chi connectivity index (χ4n) is 2.14. The molecule has 8 nitrogen and oxygen atoms in total. The Hall–Kier alpha value is -1.90. The maximum absolute atomic E-state index is 11.9. The summed E-state index contributed by atoms with van der Waals surface area (Å²) >= 11 is 1.30. The summed E-state index contributed by atoms with van der Waals surface area (Å²) in [6, 6.07) is -0.169. The first-order valence-corrected chi connectivity index (χ1v) is 7.77. The second-order valence-corrected chi connectivity index (χ2v) is 6.05. The summed E-state index contributed by atoms with van der Waals surface area (Å²) in [4.78, 5) is 34.4. The van der Waals surface area contributed by atoms with Crippen molar-refractivity contribution in [3.63, 3.8) is 0 Å². The molecule has 1 aromatic heterocycles. The number of carbonyl (C=O) groups excluding carboxylic acids is 3. The van der Waals surface area contributed by atoms with E-state index in [9.17, 15) is 14.4 Å². The van der Waals surface area contributed by atoms with Gasteiger partial charge in [0.15, 0.2) is 5.16 Å². The molecule has 2 aliphatic rings. The van der Waals surface area contributed by atoms with Gasteiger partial charge in [-0.1, -0.05) is 11.8 Å². The summed E-state index contributed by atoms with van der Waals surface area (Å²) in [6.45, 7) is 0. The fraction of sp³-hybridized carbons (Fsp3) is 0.583. The van der Waals surface area contributed by atoms with Crippen molar-refractivity contribution in [2.75, 3.05) is 5.75 Å². The molecule has 3 rings (SSSR count). The van der Waals surface area contributed by atoms with E-state index >= 15 is 0 Å². The number of hydrogen-bond acceptors (Lipinski definition) is 6. The van der Waals surface area contributed by atoms with E-state index in [0.29, 0.717) is 12.5 Å². The van der Waals surface area contributed by atoms with Gasteiger partial charge in [0, 0.05) is 12.5 Å². The first kappa shape index (κ1) is 14.1. The molecular weight excluding hydrogens is 294 g/mol. The molecule has 0 aromatic carbocycles. The van der Waals surface area contributed by atoms with Gasteiger partial charge in [-0.3, -0.25) is 19.7 Å². The lowest BCUT2D eigenvalue weighted by Gasteiger charge is -2.21. The maximum atomic E-state index is 11.9. The second kappa shape index (κ2) is 5.84. The molecule has 9 heteroatoms. The van der Waals surface area contributed by atoms with Crippen LogP contribution in [0.4, 0.5) is 0 Å². The molecule has 0 bridgehead atoms. The van der Waals surface area contributed by atoms with Crippen molar-refractivity contribution >= 4 is 29.5 Å². The Morgan fingerprint density at radius 1 is 1.43 bits per heavy atom. The second-order valence-electron chi connectivity index (χ2n) is 5.11. The Morgan fingerprint density at radius 2 is 2.24 bits per heavy atom. The minimum atomic E-state index is -0.628. The van der Waals surface area contributed by atoms with Gasteiger partial charge in [-0.05, 0) is 19.3 Å². The van der Waals surface area contributed by atoms with Crippen molar-refractivity contribution in [2.24, 2.45) is 0 Å². The van der Waals surface area contributed by atoms with E-state index in [-0.39, 0.29) is 24.0 Å². The first-order valence-electron chi connectivity index (χ1n) is 6.79. The van der Waals surface area contributed by atoms with Crippen LogP contribution in [-0.2, 0) is 14.4 Å². The molecule has 1 unspecified atom stereocenters. The van der Waals surface area contributed by atoms with Crippen LogP contribution in [0.3, 0.4) is 0 Å². The Morgan fingerprint density at radius 3 is 2.95 bits per heavy atom. The molecule has 2 N–H and O–H groups in total. The molecule has 1 aromatic rings. The quantitative estimate of drug-likeness (QED) is 0.567. The summed E-state index contributed by atoms with van der Waals surface area (Å²) in [5.41, 5.74) is 0. The van der Waals surface area contributed by atoms with Crippen molar-refractivity contribution in [1.29, 1.82) is 0 Å². The van der Waals surface area contributed by atoms with Gasteiger partial charge in [0.2, 0.25) is 17.7 Å². The largest absolute Gasteiger partial charge is 0.344 e. The van der Waals surface area contributed by atoms with E-state index in [1.54, 1.807) is 6.33 Å². The van der Waals surface area contributed by atoms with Crippen molar-refractivity contribution < 1.29 is 14.4 Å². The molecule has 0 spiro atoms. The van der Waals surface area contributed by atoms with E-state index in [1.165, 1.54) is 11.8 Å². The summed E-state index contributed by atoms with van der Waals surface area (Å²) in [6.07, 6.45) is 4.51. The van der Waals surface area contributed by atoms with E-state index < -0.39 is 11.9 Å². The topological polar surface area (TPSA) is 106 Å². The highest BCUT2D eigenvalue weighted by Crippen LogP contribution is 2.37. The molecular formula is C12H15N5O3S. The molecule has 3 amide bonds. The lowest BCUT2D eigenvalue weighted by Crippen LogP contribution is -2.52. The van der Waals surface area contributed by atoms with Crippen LogP contribution in [0.15, 0.2) is 11.5 Å². The number of aromatic nitrogens is 3. The number of imide groups is 1. The number of nitrogens with zero attached hydrogens (tertiary/aromatic N) is 3. The van der Waals surface area contributed by atoms with Crippen LogP contribution in [0.25, 0.3) is 0 Å². The Kier molecular flexibility index (Phi) is 3.91. The minimum absolute atomic E-state index is 0.170. The van der Waals surface area contributed by atoms with Crippen LogP contribution >= 0.6 is 11.8 Å². The van der Waals surface area contributed by atoms with Crippen LogP contribution in [-0.4, -0.2) is 44.3 Å². The van der Waals surface area contributed by atoms with Gasteiger partial charge in [0.25, 0.3) is 0 Å². The number of thioether (sulfide) groups is 1. The smallest absolute Gasteiger partial charge is 0.249 e. The third-order valence-corrected chi connectivity index (χ3v) is 4.34. The third kappa shape index (κ3) is 3.41. The van der Waals surface area contributed by atoms with Gasteiger partial charge in [-0.15, -0.1) is 10.2 Å². The van der Waals surface area contributed by atoms with Gasteiger partial charge in [-0.2, -0.15) is 0 Å². The van der Waals surface area contributed by atoms with Crippen molar-refractivity contribution in [1.82, 2.24) is 25.4 Å². The third-order valence-electron chi connectivity index (χ3n) is 3.39. The lowest BCUT2D eigenvalue weighted by molar-refractivity contribution is -0.136. The highest BCUT2D eigenvalue weighted by Gasteiger charge is 2.29. The van der Waals surface area contributed by atoms with Gasteiger partial charge in [0.1, 0.15) is 12.4 Å². The predicted molar refractivity (Wildman–Crippen MR) is 73.3 cm³/mol. The highest BCUT2D eigenvalue weighted by atomic mass is 32.2. The SMILES string of the molecule is O=C1CCC(NC(=O)CSc2nncn2C2CC2)C(=O)N1. The van der Waals surface area contributed by atoms with Crippen LogP contribution in [0.5, 0.6) is 0 Å². The Bertz CT molecular complexity index is 583. The predicted octanol–water partition coefficient (Wildman–Crippen LogP) is -0.374. The summed E-state index contributed by atoms with van der Waals surface area (Å²) in [7, 11) is 0. The zero-order valence-electron chi connectivity index (χ0n) is 11.2. The van der Waals surface area contributed by atoms with E-state index in [1.807, 2.05) is 4.57 Å². The molecule has 2 heterocycles. The molecule has 112 valence electrons. The standard InChI is InChI=1S/C12H15N5O3S/c18-9-4-3-8(11(20)15-9)14-10(19)5-21-12-16-13-6-17(12)7-1-2-7/h6-8H,1-5H2,(H,14,19)(H,15,18,20). The summed E-state index contributed by atoms with van der Waals surface area (Å²) < 4.78 is 1.98. The number of carbonyl (C=O) groups is 3. The number of amides is 3. The highest BCUT2D eigenvalue weighted by molar-refractivity contribution is 7.99. The zero-order chi connectivity index (χ0) is 14.8. The lowest BCUT2D eigenvalue weighted by atomic mass is 10.1. The van der Waals surface area contributed by atoms with E-state index in [2.05, 4.69) is 20.8 Å². The summed E-state index contributed by atoms with van der Waals surface area (Å²) in [5.74, 6) is -0.814. The average molecular weight is 309 g/mol. The molecule has 0 radical (unpaired) electrons. The Labute approximate surface area is 125 Å². The van der Waals surface area contributed by atoms with Gasteiger partial charge >= 0.3 is 0 Å². The van der Waals surface area contributed by atoms with Crippen molar-refractivity contribution in [3.05, 3.63) is 6.33 Å². The Balaban J connectivity index is 1.49. The summed E-state index contributed by atoms with van der Waals surface area (Å²) in [5, 5.41) is 13.4. The number of nitrogens with one attached hydrogen (secondary N) is 2. The average Bonchev–Trinajstić information content (AvgIpc) is 3.18. The van der Waals surface area contributed by atoms with Gasteiger partial charge in [0.05, 0.1) is 5.75 Å². The first-order chi connectivity index (χ1) is 10.1. The number of rotatable bonds is 5. The van der Waals surface area contributed by atoms with Crippen LogP contribution < -0.4 is 10.6 Å². The molecule has 1 saturated heterocycles. The van der Waals surface area contributed by atoms with E-state index in [4.69, 9.17) is 0 Å². The van der Waals surface area contributed by atoms with Crippen LogP contribution in [0.2, 0.25) is 0 Å². The van der Waals surface area contributed by atoms with Gasteiger partial charge < -0.3 is 9.88 Å². The molecule has 1 aliphatic carbocycles. The van der Waals surface area contributed by atoms with Crippen molar-refractivity contribution in [3.8, 4) is 0 Å². The van der Waals surface area contributed by atoms with Crippen molar-refractivity contribution in [2.45, 2.75) is 42.9 Å². The number of hydrogen-bond donors (Lipinski definition) is 2. The maximum Gasteiger partial charge on any atom is 0.249 e. The molecule has 1 aliphatic heterocycles. The van der Waals surface area contributed by atoms with Crippen LogP contribution in [0.1, 0.15) is 31.7 Å². The minimum Gasteiger partial charge on any atom is -0.344 e. The van der Waals surface area contributed by atoms with E-state index in [0.717, 1.165) is 18.0 Å². The molecule has 1 saturated carbocycles.